The fraction of sp³-hybridized carbons (Fsp3) is 0.0833. The number of phenols is 1. The fourth-order valence-electron chi connectivity index (χ4n) is 1.17. The zero-order valence-corrected chi connectivity index (χ0v) is 10.8. The number of hydrogen-bond acceptors (Lipinski definition) is 5. The van der Waals surface area contributed by atoms with Gasteiger partial charge in [-0.25, -0.2) is 0 Å². The lowest BCUT2D eigenvalue weighted by atomic mass is 10.2. The van der Waals surface area contributed by atoms with Crippen LogP contribution in [0.25, 0.3) is 0 Å². The Morgan fingerprint density at radius 3 is 2.75 bits per heavy atom. The van der Waals surface area contributed by atoms with Crippen molar-refractivity contribution in [3.63, 3.8) is 0 Å². The third-order valence-corrected chi connectivity index (χ3v) is 2.33. The first-order valence-electron chi connectivity index (χ1n) is 5.29. The molecular weight excluding hydrogens is 286 g/mol. The molecule has 0 saturated carbocycles. The molecule has 0 fully saturated rings. The van der Waals surface area contributed by atoms with Crippen LogP contribution in [0.3, 0.4) is 0 Å². The van der Waals surface area contributed by atoms with Crippen LogP contribution >= 0.6 is 11.6 Å². The molecule has 7 nitrogen and oxygen atoms in total. The van der Waals surface area contributed by atoms with Crippen LogP contribution in [0.1, 0.15) is 0 Å². The molecule has 0 aliphatic heterocycles. The van der Waals surface area contributed by atoms with Gasteiger partial charge in [-0.05, 0) is 18.2 Å². The van der Waals surface area contributed by atoms with Crippen molar-refractivity contribution in [2.24, 2.45) is 0 Å². The molecule has 0 aliphatic rings. The largest absolute Gasteiger partial charge is 0.506 e. The highest BCUT2D eigenvalue weighted by Crippen LogP contribution is 2.26. The van der Waals surface area contributed by atoms with Gasteiger partial charge in [-0.15, -0.1) is 0 Å². The Bertz CT molecular complexity index is 607. The maximum absolute atomic E-state index is 11.5. The van der Waals surface area contributed by atoms with Crippen molar-refractivity contribution in [3.8, 4) is 11.8 Å². The van der Waals surface area contributed by atoms with E-state index in [9.17, 15) is 14.7 Å². The minimum atomic E-state index is -1.23. The second-order valence-electron chi connectivity index (χ2n) is 3.55. The summed E-state index contributed by atoms with van der Waals surface area (Å²) in [4.78, 5) is 21.8. The molecule has 0 unspecified atom stereocenters. The number of nitriles is 1. The maximum Gasteiger partial charge on any atom is 0.322 e. The summed E-state index contributed by atoms with van der Waals surface area (Å²) in [5.74, 6) is -2.19. The lowest BCUT2D eigenvalue weighted by Crippen LogP contribution is -2.30. The number of nitrogens with zero attached hydrogens (tertiary/aromatic N) is 1. The number of carboxylic acid groups (broad SMARTS) is 1. The Labute approximate surface area is 119 Å². The number of carbonyl (C=O) groups is 2. The average molecular weight is 296 g/mol. The summed E-state index contributed by atoms with van der Waals surface area (Å²) in [7, 11) is 0. The first-order chi connectivity index (χ1) is 9.43. The number of halogens is 1. The minimum Gasteiger partial charge on any atom is -0.506 e. The van der Waals surface area contributed by atoms with E-state index in [-0.39, 0.29) is 17.0 Å². The van der Waals surface area contributed by atoms with Crippen LogP contribution in [0, 0.1) is 11.3 Å². The van der Waals surface area contributed by atoms with Crippen LogP contribution in [0.15, 0.2) is 30.0 Å². The standard InChI is InChI=1S/C12H10ClN3O4/c13-8-1-2-10(17)9(3-8)15-5-7(4-14)12(20)16-6-11(18)19/h1-3,5,15,17H,6H2,(H,16,20)(H,18,19)/b7-5-. The van der Waals surface area contributed by atoms with Gasteiger partial charge in [-0.2, -0.15) is 5.26 Å². The molecule has 0 aromatic heterocycles. The third-order valence-electron chi connectivity index (χ3n) is 2.10. The zero-order chi connectivity index (χ0) is 15.1. The Balaban J connectivity index is 2.80. The zero-order valence-electron chi connectivity index (χ0n) is 10.1. The van der Waals surface area contributed by atoms with Crippen LogP contribution in [0.2, 0.25) is 5.02 Å². The summed E-state index contributed by atoms with van der Waals surface area (Å²) in [5.41, 5.74) is -0.137. The van der Waals surface area contributed by atoms with Crippen molar-refractivity contribution in [2.45, 2.75) is 0 Å². The summed E-state index contributed by atoms with van der Waals surface area (Å²) in [6, 6.07) is 5.82. The predicted molar refractivity (Wildman–Crippen MR) is 71.1 cm³/mol. The minimum absolute atomic E-state index is 0.117. The number of phenolic OH excluding ortho intramolecular Hbond substituents is 1. The predicted octanol–water partition coefficient (Wildman–Crippen LogP) is 1.07. The summed E-state index contributed by atoms with van der Waals surface area (Å²) in [6.07, 6.45) is 1.04. The van der Waals surface area contributed by atoms with Crippen LogP contribution in [0.5, 0.6) is 5.75 Å². The van der Waals surface area contributed by atoms with Crippen LogP contribution in [0.4, 0.5) is 5.69 Å². The SMILES string of the molecule is N#C/C(=C/Nc1cc(Cl)ccc1O)C(=O)NCC(=O)O. The van der Waals surface area contributed by atoms with Gasteiger partial charge in [0.1, 0.15) is 23.9 Å². The Hall–Kier alpha value is -2.72. The van der Waals surface area contributed by atoms with Gasteiger partial charge in [0.15, 0.2) is 0 Å². The van der Waals surface area contributed by atoms with E-state index < -0.39 is 18.4 Å². The second-order valence-corrected chi connectivity index (χ2v) is 3.99. The van der Waals surface area contributed by atoms with E-state index >= 15 is 0 Å². The van der Waals surface area contributed by atoms with E-state index in [1.807, 2.05) is 5.32 Å². The molecule has 0 radical (unpaired) electrons. The van der Waals surface area contributed by atoms with Gasteiger partial charge in [0.2, 0.25) is 0 Å². The monoisotopic (exact) mass is 295 g/mol. The first-order valence-corrected chi connectivity index (χ1v) is 5.67. The molecule has 1 aromatic rings. The van der Waals surface area contributed by atoms with Gasteiger partial charge in [0.25, 0.3) is 5.91 Å². The van der Waals surface area contributed by atoms with E-state index in [1.165, 1.54) is 18.2 Å². The maximum atomic E-state index is 11.5. The quantitative estimate of drug-likeness (QED) is 0.366. The van der Waals surface area contributed by atoms with Gasteiger partial charge < -0.3 is 20.8 Å². The number of amides is 1. The van der Waals surface area contributed by atoms with Crippen molar-refractivity contribution in [1.29, 1.82) is 5.26 Å². The van der Waals surface area contributed by atoms with Crippen LogP contribution < -0.4 is 10.6 Å². The Morgan fingerprint density at radius 2 is 2.15 bits per heavy atom. The number of aromatic hydroxyl groups is 1. The molecule has 1 amide bonds. The number of carboxylic acids is 1. The number of benzene rings is 1. The summed E-state index contributed by atoms with van der Waals surface area (Å²) in [5, 5.41) is 31.7. The van der Waals surface area contributed by atoms with E-state index in [0.717, 1.165) is 6.20 Å². The van der Waals surface area contributed by atoms with Gasteiger partial charge in [-0.1, -0.05) is 11.6 Å². The van der Waals surface area contributed by atoms with Crippen molar-refractivity contribution < 1.29 is 19.8 Å². The molecule has 1 rings (SSSR count). The third kappa shape index (κ3) is 4.51. The molecule has 8 heteroatoms. The molecule has 4 N–H and O–H groups in total. The van der Waals surface area contributed by atoms with Gasteiger partial charge in [0, 0.05) is 11.2 Å². The second kappa shape index (κ2) is 7.01. The number of hydrogen-bond donors (Lipinski definition) is 4. The number of rotatable bonds is 5. The van der Waals surface area contributed by atoms with E-state index in [4.69, 9.17) is 22.0 Å². The number of nitrogens with one attached hydrogen (secondary N) is 2. The molecule has 0 heterocycles. The van der Waals surface area contributed by atoms with Gasteiger partial charge in [-0.3, -0.25) is 9.59 Å². The number of aliphatic carboxylic acids is 1. The van der Waals surface area contributed by atoms with Crippen molar-refractivity contribution in [1.82, 2.24) is 5.32 Å². The van der Waals surface area contributed by atoms with Gasteiger partial charge >= 0.3 is 5.97 Å². The van der Waals surface area contributed by atoms with Crippen molar-refractivity contribution in [2.75, 3.05) is 11.9 Å². The molecule has 1 aromatic carbocycles. The molecule has 104 valence electrons. The summed E-state index contributed by atoms with van der Waals surface area (Å²) < 4.78 is 0. The number of carbonyl (C=O) groups excluding carboxylic acids is 1. The highest BCUT2D eigenvalue weighted by atomic mass is 35.5. The molecular formula is C12H10ClN3O4. The van der Waals surface area contributed by atoms with Gasteiger partial charge in [0.05, 0.1) is 5.69 Å². The lowest BCUT2D eigenvalue weighted by molar-refractivity contribution is -0.137. The lowest BCUT2D eigenvalue weighted by Gasteiger charge is -2.05. The first kappa shape index (κ1) is 15.3. The number of anilines is 1. The topological polar surface area (TPSA) is 122 Å². The summed E-state index contributed by atoms with van der Waals surface area (Å²) in [6.45, 7) is -0.597. The molecule has 0 aliphatic carbocycles. The highest BCUT2D eigenvalue weighted by molar-refractivity contribution is 6.30. The molecule has 0 saturated heterocycles. The summed E-state index contributed by atoms with van der Waals surface area (Å²) >= 11 is 5.73. The molecule has 0 atom stereocenters. The normalized spacial score (nSPS) is 10.5. The van der Waals surface area contributed by atoms with Crippen molar-refractivity contribution >= 4 is 29.2 Å². The van der Waals surface area contributed by atoms with Crippen LogP contribution in [-0.4, -0.2) is 28.6 Å². The average Bonchev–Trinajstić information content (AvgIpc) is 2.40. The smallest absolute Gasteiger partial charge is 0.322 e. The molecule has 20 heavy (non-hydrogen) atoms. The Kier molecular flexibility index (Phi) is 5.38. The van der Waals surface area contributed by atoms with Crippen molar-refractivity contribution in [3.05, 3.63) is 35.0 Å². The highest BCUT2D eigenvalue weighted by Gasteiger charge is 2.10. The molecule has 0 spiro atoms. The van der Waals surface area contributed by atoms with E-state index in [1.54, 1.807) is 6.07 Å². The fourth-order valence-corrected chi connectivity index (χ4v) is 1.35. The molecule has 0 bridgehead atoms. The Morgan fingerprint density at radius 1 is 1.45 bits per heavy atom. The van der Waals surface area contributed by atoms with E-state index in [0.29, 0.717) is 5.02 Å². The van der Waals surface area contributed by atoms with E-state index in [2.05, 4.69) is 5.32 Å². The van der Waals surface area contributed by atoms with Crippen LogP contribution in [-0.2, 0) is 9.59 Å².